The summed E-state index contributed by atoms with van der Waals surface area (Å²) in [5, 5.41) is 0.200. The Balaban J connectivity index is 2.41. The second-order valence-electron chi connectivity index (χ2n) is 5.02. The number of aryl methyl sites for hydroxylation is 1. The molecule has 24 heavy (non-hydrogen) atoms. The second kappa shape index (κ2) is 5.23. The lowest BCUT2D eigenvalue weighted by Gasteiger charge is -2.14. The number of halogens is 4. The van der Waals surface area contributed by atoms with Crippen molar-refractivity contribution in [1.29, 1.82) is 0 Å². The molecule has 0 radical (unpaired) electrons. The number of nitrogens with zero attached hydrogens (tertiary/aromatic N) is 3. The SMILES string of the molecule is Cc1nc2c(-n3c(=O)cc(C(F)(F)F)n(C)c3=O)ccc(Cl)c2o1. The third-order valence-corrected chi connectivity index (χ3v) is 3.73. The van der Waals surface area contributed by atoms with E-state index in [9.17, 15) is 22.8 Å². The minimum atomic E-state index is -4.83. The molecule has 0 N–H and O–H groups in total. The van der Waals surface area contributed by atoms with Gasteiger partial charge in [-0.1, -0.05) is 11.6 Å². The minimum absolute atomic E-state index is 0.00873. The Kier molecular flexibility index (Phi) is 3.56. The first-order chi connectivity index (χ1) is 11.1. The number of hydrogen-bond donors (Lipinski definition) is 0. The molecule has 1 aromatic carbocycles. The summed E-state index contributed by atoms with van der Waals surface area (Å²) < 4.78 is 44.9. The number of hydrogen-bond acceptors (Lipinski definition) is 4. The maximum Gasteiger partial charge on any atom is 0.431 e. The van der Waals surface area contributed by atoms with Crippen molar-refractivity contribution in [3.63, 3.8) is 0 Å². The lowest BCUT2D eigenvalue weighted by atomic mass is 10.2. The van der Waals surface area contributed by atoms with Crippen LogP contribution in [-0.4, -0.2) is 14.1 Å². The zero-order valence-electron chi connectivity index (χ0n) is 12.3. The molecule has 0 atom stereocenters. The van der Waals surface area contributed by atoms with Crippen molar-refractivity contribution in [3.8, 4) is 5.69 Å². The summed E-state index contributed by atoms with van der Waals surface area (Å²) in [7, 11) is 0.933. The van der Waals surface area contributed by atoms with Crippen LogP contribution in [0.4, 0.5) is 13.2 Å². The highest BCUT2D eigenvalue weighted by atomic mass is 35.5. The van der Waals surface area contributed by atoms with Gasteiger partial charge in [-0.3, -0.25) is 9.36 Å². The molecule has 2 heterocycles. The van der Waals surface area contributed by atoms with E-state index in [0.29, 0.717) is 15.2 Å². The molecule has 0 fully saturated rings. The molecule has 0 aliphatic rings. The Morgan fingerprint density at radius 1 is 1.25 bits per heavy atom. The van der Waals surface area contributed by atoms with Gasteiger partial charge in [0, 0.05) is 20.0 Å². The van der Waals surface area contributed by atoms with Crippen LogP contribution in [0, 0.1) is 6.92 Å². The maximum atomic E-state index is 12.9. The molecule has 2 aromatic heterocycles. The van der Waals surface area contributed by atoms with Crippen LogP contribution < -0.4 is 11.2 Å². The molecule has 0 bridgehead atoms. The molecular weight excluding hydrogens is 351 g/mol. The van der Waals surface area contributed by atoms with Crippen molar-refractivity contribution in [2.24, 2.45) is 7.05 Å². The summed E-state index contributed by atoms with van der Waals surface area (Å²) in [5.74, 6) is 0.233. The Bertz CT molecular complexity index is 1080. The lowest BCUT2D eigenvalue weighted by Crippen LogP contribution is -2.40. The molecule has 0 amide bonds. The Morgan fingerprint density at radius 3 is 2.54 bits per heavy atom. The first-order valence-electron chi connectivity index (χ1n) is 6.57. The average molecular weight is 360 g/mol. The van der Waals surface area contributed by atoms with Crippen molar-refractivity contribution in [2.45, 2.75) is 13.1 Å². The van der Waals surface area contributed by atoms with E-state index in [4.69, 9.17) is 16.0 Å². The summed E-state index contributed by atoms with van der Waals surface area (Å²) in [6.45, 7) is 1.54. The van der Waals surface area contributed by atoms with Crippen LogP contribution >= 0.6 is 11.6 Å². The van der Waals surface area contributed by atoms with Crippen LogP contribution in [0.3, 0.4) is 0 Å². The molecule has 3 aromatic rings. The number of rotatable bonds is 1. The number of oxazole rings is 1. The van der Waals surface area contributed by atoms with Crippen LogP contribution in [0.2, 0.25) is 5.02 Å². The zero-order chi connectivity index (χ0) is 17.8. The van der Waals surface area contributed by atoms with Crippen molar-refractivity contribution in [1.82, 2.24) is 14.1 Å². The first kappa shape index (κ1) is 16.3. The number of aromatic nitrogens is 3. The predicted octanol–water partition coefficient (Wildman–Crippen LogP) is 2.66. The Morgan fingerprint density at radius 2 is 1.92 bits per heavy atom. The molecule has 0 aliphatic carbocycles. The van der Waals surface area contributed by atoms with Gasteiger partial charge in [0.15, 0.2) is 11.5 Å². The van der Waals surface area contributed by atoms with Gasteiger partial charge in [-0.15, -0.1) is 0 Å². The first-order valence-corrected chi connectivity index (χ1v) is 6.95. The maximum absolute atomic E-state index is 12.9. The van der Waals surface area contributed by atoms with Gasteiger partial charge in [-0.25, -0.2) is 14.3 Å². The summed E-state index contributed by atoms with van der Waals surface area (Å²) in [6.07, 6.45) is -4.83. The molecule has 0 saturated carbocycles. The Labute approximate surface area is 136 Å². The van der Waals surface area contributed by atoms with Gasteiger partial charge in [-0.05, 0) is 12.1 Å². The van der Waals surface area contributed by atoms with Crippen LogP contribution in [0.25, 0.3) is 16.8 Å². The van der Waals surface area contributed by atoms with Crippen LogP contribution in [-0.2, 0) is 13.2 Å². The fourth-order valence-electron chi connectivity index (χ4n) is 2.37. The number of benzene rings is 1. The molecule has 10 heteroatoms. The third kappa shape index (κ3) is 2.41. The summed E-state index contributed by atoms with van der Waals surface area (Å²) >= 11 is 5.97. The van der Waals surface area contributed by atoms with E-state index in [2.05, 4.69) is 4.98 Å². The Hall–Kier alpha value is -2.55. The number of alkyl halides is 3. The minimum Gasteiger partial charge on any atom is -0.439 e. The predicted molar refractivity (Wildman–Crippen MR) is 79.6 cm³/mol. The smallest absolute Gasteiger partial charge is 0.431 e. The van der Waals surface area contributed by atoms with Gasteiger partial charge in [0.25, 0.3) is 5.56 Å². The monoisotopic (exact) mass is 359 g/mol. The van der Waals surface area contributed by atoms with Crippen molar-refractivity contribution < 1.29 is 17.6 Å². The molecule has 0 aliphatic heterocycles. The van der Waals surface area contributed by atoms with Crippen molar-refractivity contribution in [2.75, 3.05) is 0 Å². The highest BCUT2D eigenvalue weighted by molar-refractivity contribution is 6.34. The lowest BCUT2D eigenvalue weighted by molar-refractivity contribution is -0.144. The van der Waals surface area contributed by atoms with Crippen molar-refractivity contribution in [3.05, 3.63) is 55.6 Å². The second-order valence-corrected chi connectivity index (χ2v) is 5.43. The highest BCUT2D eigenvalue weighted by Crippen LogP contribution is 2.29. The summed E-state index contributed by atoms with van der Waals surface area (Å²) in [6, 6.07) is 3.05. The topological polar surface area (TPSA) is 70.0 Å². The van der Waals surface area contributed by atoms with E-state index in [1.165, 1.54) is 19.1 Å². The highest BCUT2D eigenvalue weighted by Gasteiger charge is 2.35. The molecule has 0 spiro atoms. The largest absolute Gasteiger partial charge is 0.439 e. The molecular formula is C14H9ClF3N3O3. The van der Waals surface area contributed by atoms with Crippen LogP contribution in [0.15, 0.2) is 32.2 Å². The molecule has 126 valence electrons. The fraction of sp³-hybridized carbons (Fsp3) is 0.214. The summed E-state index contributed by atoms with van der Waals surface area (Å²) in [4.78, 5) is 28.5. The van der Waals surface area contributed by atoms with E-state index >= 15 is 0 Å². The molecule has 6 nitrogen and oxygen atoms in total. The van der Waals surface area contributed by atoms with Gasteiger partial charge in [-0.2, -0.15) is 13.2 Å². The van der Waals surface area contributed by atoms with Crippen molar-refractivity contribution >= 4 is 22.7 Å². The van der Waals surface area contributed by atoms with Gasteiger partial charge < -0.3 is 4.42 Å². The van der Waals surface area contributed by atoms with E-state index in [1.807, 2.05) is 0 Å². The zero-order valence-corrected chi connectivity index (χ0v) is 13.1. The van der Waals surface area contributed by atoms with Crippen LogP contribution in [0.5, 0.6) is 0 Å². The van der Waals surface area contributed by atoms with E-state index < -0.39 is 23.1 Å². The molecule has 0 saturated heterocycles. The normalized spacial score (nSPS) is 12.1. The average Bonchev–Trinajstić information content (AvgIpc) is 2.86. The fourth-order valence-corrected chi connectivity index (χ4v) is 2.56. The molecule has 3 rings (SSSR count). The van der Waals surface area contributed by atoms with Crippen LogP contribution in [0.1, 0.15) is 11.6 Å². The van der Waals surface area contributed by atoms with Gasteiger partial charge in [0.2, 0.25) is 0 Å². The standard InChI is InChI=1S/C14H9ClF3N3O3/c1-6-19-11-8(4-3-7(15)12(11)24-6)21-10(22)5-9(14(16,17)18)20(2)13(21)23/h3-5H,1-2H3. The van der Waals surface area contributed by atoms with Gasteiger partial charge >= 0.3 is 11.9 Å². The van der Waals surface area contributed by atoms with E-state index in [0.717, 1.165) is 7.05 Å². The van der Waals surface area contributed by atoms with Gasteiger partial charge in [0.1, 0.15) is 11.2 Å². The third-order valence-electron chi connectivity index (χ3n) is 3.43. The van der Waals surface area contributed by atoms with E-state index in [1.54, 1.807) is 0 Å². The number of fused-ring (bicyclic) bond motifs is 1. The summed E-state index contributed by atoms with van der Waals surface area (Å²) in [5.41, 5.74) is -3.38. The van der Waals surface area contributed by atoms with E-state index in [-0.39, 0.29) is 27.7 Å². The quantitative estimate of drug-likeness (QED) is 0.670. The molecule has 0 unspecified atom stereocenters. The van der Waals surface area contributed by atoms with Gasteiger partial charge in [0.05, 0.1) is 10.7 Å².